The van der Waals surface area contributed by atoms with Crippen molar-refractivity contribution in [1.82, 2.24) is 19.6 Å². The molecule has 26 heavy (non-hydrogen) atoms. The zero-order valence-electron chi connectivity index (χ0n) is 14.5. The number of rotatable bonds is 5. The number of nitrogens with one attached hydrogen (secondary N) is 1. The molecule has 2 aromatic heterocycles. The fourth-order valence-electron chi connectivity index (χ4n) is 2.92. The molecule has 7 nitrogen and oxygen atoms in total. The largest absolute Gasteiger partial charge is 0.381 e. The first-order valence-electron chi connectivity index (χ1n) is 8.45. The summed E-state index contributed by atoms with van der Waals surface area (Å²) in [6.45, 7) is 2.10. The Kier molecular flexibility index (Phi) is 4.03. The van der Waals surface area contributed by atoms with E-state index in [0.29, 0.717) is 23.8 Å². The van der Waals surface area contributed by atoms with Crippen molar-refractivity contribution in [2.24, 2.45) is 13.0 Å². The van der Waals surface area contributed by atoms with Gasteiger partial charge in [0.05, 0.1) is 16.9 Å². The van der Waals surface area contributed by atoms with Crippen molar-refractivity contribution in [2.75, 3.05) is 11.9 Å². The van der Waals surface area contributed by atoms with Crippen LogP contribution in [0.4, 0.5) is 5.69 Å². The Hall–Kier alpha value is -2.67. The van der Waals surface area contributed by atoms with Crippen LogP contribution in [0, 0.1) is 5.92 Å². The average molecular weight is 372 g/mol. The van der Waals surface area contributed by atoms with Gasteiger partial charge in [-0.3, -0.25) is 14.3 Å². The number of ketones is 1. The second kappa shape index (κ2) is 6.25. The Labute approximate surface area is 154 Å². The average Bonchev–Trinajstić information content (AvgIpc) is 3.35. The summed E-state index contributed by atoms with van der Waals surface area (Å²) in [4.78, 5) is 24.9. The zero-order valence-corrected chi connectivity index (χ0v) is 15.2. The summed E-state index contributed by atoms with van der Waals surface area (Å²) in [6.07, 6.45) is 4.15. The van der Waals surface area contributed by atoms with E-state index in [9.17, 15) is 9.59 Å². The van der Waals surface area contributed by atoms with E-state index in [1.54, 1.807) is 22.9 Å². The number of Topliss-reactive ketones (excluding diaryl/α,β-unsaturated/α-hetero) is 1. The molecule has 0 saturated heterocycles. The molecule has 8 heteroatoms. The van der Waals surface area contributed by atoms with Crippen LogP contribution in [0.3, 0.4) is 0 Å². The second-order valence-electron chi connectivity index (χ2n) is 6.68. The number of benzene rings is 1. The molecule has 2 heterocycles. The molecule has 1 fully saturated rings. The summed E-state index contributed by atoms with van der Waals surface area (Å²) in [5, 5.41) is 12.6. The van der Waals surface area contributed by atoms with E-state index in [1.165, 1.54) is 11.6 Å². The van der Waals surface area contributed by atoms with E-state index in [2.05, 4.69) is 15.5 Å². The van der Waals surface area contributed by atoms with Gasteiger partial charge < -0.3 is 5.32 Å². The fraction of sp³-hybridized carbons (Fsp3) is 0.333. The quantitative estimate of drug-likeness (QED) is 0.697. The molecule has 0 atom stereocenters. The number of carbonyl (C=O) groups is 1. The minimum atomic E-state index is -0.460. The molecular formula is C18H18ClN5O2. The molecule has 4 rings (SSSR count). The van der Waals surface area contributed by atoms with Crippen LogP contribution in [0.15, 0.2) is 29.2 Å². The molecule has 134 valence electrons. The summed E-state index contributed by atoms with van der Waals surface area (Å²) in [5.41, 5.74) is 1.38. The van der Waals surface area contributed by atoms with Gasteiger partial charge in [-0.05, 0) is 37.0 Å². The van der Waals surface area contributed by atoms with E-state index >= 15 is 0 Å². The highest BCUT2D eigenvalue weighted by Crippen LogP contribution is 2.31. The Morgan fingerprint density at radius 1 is 1.35 bits per heavy atom. The van der Waals surface area contributed by atoms with E-state index < -0.39 is 5.56 Å². The van der Waals surface area contributed by atoms with Crippen LogP contribution in [0.1, 0.15) is 30.3 Å². The zero-order chi connectivity index (χ0) is 18.4. The molecule has 0 bridgehead atoms. The first-order valence-corrected chi connectivity index (χ1v) is 8.83. The molecule has 1 aliphatic rings. The van der Waals surface area contributed by atoms with Gasteiger partial charge >= 0.3 is 0 Å². The maximum absolute atomic E-state index is 12.8. The van der Waals surface area contributed by atoms with Gasteiger partial charge in [0.15, 0.2) is 11.5 Å². The highest BCUT2D eigenvalue weighted by Gasteiger charge is 2.24. The number of hydrogen-bond acceptors (Lipinski definition) is 5. The van der Waals surface area contributed by atoms with Gasteiger partial charge in [-0.1, -0.05) is 11.6 Å². The molecule has 0 radical (unpaired) electrons. The van der Waals surface area contributed by atoms with E-state index in [1.807, 2.05) is 13.2 Å². The van der Waals surface area contributed by atoms with Gasteiger partial charge in [-0.2, -0.15) is 14.9 Å². The highest BCUT2D eigenvalue weighted by atomic mass is 35.5. The van der Waals surface area contributed by atoms with Crippen LogP contribution < -0.4 is 10.9 Å². The number of fused-ring (bicyclic) bond motifs is 1. The predicted octanol–water partition coefficient (Wildman–Crippen LogP) is 2.80. The van der Waals surface area contributed by atoms with E-state index in [4.69, 9.17) is 11.6 Å². The van der Waals surface area contributed by atoms with Gasteiger partial charge in [-0.15, -0.1) is 0 Å². The third-order valence-corrected chi connectivity index (χ3v) is 4.83. The van der Waals surface area contributed by atoms with Gasteiger partial charge in [-0.25, -0.2) is 0 Å². The molecule has 0 amide bonds. The van der Waals surface area contributed by atoms with Crippen molar-refractivity contribution in [2.45, 2.75) is 19.8 Å². The first-order chi connectivity index (χ1) is 12.4. The van der Waals surface area contributed by atoms with Crippen molar-refractivity contribution in [3.63, 3.8) is 0 Å². The van der Waals surface area contributed by atoms with Crippen LogP contribution in [-0.4, -0.2) is 31.9 Å². The van der Waals surface area contributed by atoms with Crippen LogP contribution in [-0.2, 0) is 7.05 Å². The molecule has 1 aliphatic carbocycles. The molecule has 0 spiro atoms. The monoisotopic (exact) mass is 371 g/mol. The maximum atomic E-state index is 12.8. The van der Waals surface area contributed by atoms with Crippen molar-refractivity contribution >= 4 is 34.0 Å². The second-order valence-corrected chi connectivity index (χ2v) is 7.06. The van der Waals surface area contributed by atoms with Crippen molar-refractivity contribution < 1.29 is 4.79 Å². The Balaban J connectivity index is 1.84. The summed E-state index contributed by atoms with van der Waals surface area (Å²) < 4.78 is 2.87. The lowest BCUT2D eigenvalue weighted by Crippen LogP contribution is -2.26. The van der Waals surface area contributed by atoms with Crippen LogP contribution in [0.25, 0.3) is 16.6 Å². The SMILES string of the molecule is CC(=O)c1nn(-c2ccc3nn(C)cc3c2)c(=O)c(Cl)c1NCC1CC1. The number of carbonyl (C=O) groups excluding carboxylic acids is 1. The van der Waals surface area contributed by atoms with Gasteiger partial charge in [0, 0.05) is 32.1 Å². The smallest absolute Gasteiger partial charge is 0.292 e. The number of halogens is 1. The Morgan fingerprint density at radius 2 is 2.12 bits per heavy atom. The third-order valence-electron chi connectivity index (χ3n) is 4.48. The van der Waals surface area contributed by atoms with Crippen molar-refractivity contribution in [3.05, 3.63) is 45.5 Å². The van der Waals surface area contributed by atoms with Gasteiger partial charge in [0.1, 0.15) is 5.02 Å². The number of aromatic nitrogens is 4. The van der Waals surface area contributed by atoms with Gasteiger partial charge in [0.2, 0.25) is 0 Å². The van der Waals surface area contributed by atoms with Crippen LogP contribution in [0.5, 0.6) is 0 Å². The normalized spacial score (nSPS) is 14.0. The summed E-state index contributed by atoms with van der Waals surface area (Å²) in [5.74, 6) is 0.322. The lowest BCUT2D eigenvalue weighted by atomic mass is 10.2. The van der Waals surface area contributed by atoms with Crippen molar-refractivity contribution in [3.8, 4) is 5.69 Å². The standard InChI is InChI=1S/C18H18ClN5O2/c1-10(25)16-17(20-8-11-3-4-11)15(19)18(26)24(22-16)13-5-6-14-12(7-13)9-23(2)21-14/h5-7,9,11,20H,3-4,8H2,1-2H3. The molecule has 0 aliphatic heterocycles. The Bertz CT molecular complexity index is 1080. The first kappa shape index (κ1) is 16.8. The number of anilines is 1. The lowest BCUT2D eigenvalue weighted by molar-refractivity contribution is 0.101. The maximum Gasteiger partial charge on any atom is 0.292 e. The molecule has 3 aromatic rings. The van der Waals surface area contributed by atoms with E-state index in [-0.39, 0.29) is 16.5 Å². The number of aryl methyl sites for hydroxylation is 1. The summed E-state index contributed by atoms with van der Waals surface area (Å²) in [7, 11) is 1.83. The van der Waals surface area contributed by atoms with Crippen LogP contribution in [0.2, 0.25) is 5.02 Å². The van der Waals surface area contributed by atoms with Crippen molar-refractivity contribution in [1.29, 1.82) is 0 Å². The van der Waals surface area contributed by atoms with Crippen LogP contribution >= 0.6 is 11.6 Å². The molecule has 1 aromatic carbocycles. The lowest BCUT2D eigenvalue weighted by Gasteiger charge is -2.14. The Morgan fingerprint density at radius 3 is 2.81 bits per heavy atom. The summed E-state index contributed by atoms with van der Waals surface area (Å²) in [6, 6.07) is 5.34. The fourth-order valence-corrected chi connectivity index (χ4v) is 3.16. The molecular weight excluding hydrogens is 354 g/mol. The third kappa shape index (κ3) is 2.99. The molecule has 0 unspecified atom stereocenters. The topological polar surface area (TPSA) is 81.8 Å². The molecule has 1 saturated carbocycles. The predicted molar refractivity (Wildman–Crippen MR) is 100 cm³/mol. The minimum Gasteiger partial charge on any atom is -0.381 e. The highest BCUT2D eigenvalue weighted by molar-refractivity contribution is 6.33. The molecule has 1 N–H and O–H groups in total. The number of hydrogen-bond donors (Lipinski definition) is 1. The summed E-state index contributed by atoms with van der Waals surface area (Å²) >= 11 is 6.32. The minimum absolute atomic E-state index is 0.0165. The van der Waals surface area contributed by atoms with E-state index in [0.717, 1.165) is 23.7 Å². The number of nitrogens with zero attached hydrogens (tertiary/aromatic N) is 4. The van der Waals surface area contributed by atoms with Gasteiger partial charge in [0.25, 0.3) is 5.56 Å².